The number of hydrogen-bond acceptors (Lipinski definition) is 3. The summed E-state index contributed by atoms with van der Waals surface area (Å²) in [6.07, 6.45) is -2.14. The Labute approximate surface area is 107 Å². The second-order valence-corrected chi connectivity index (χ2v) is 4.34. The van der Waals surface area contributed by atoms with Crippen LogP contribution in [0, 0.1) is 0 Å². The number of hydrogen-bond donors (Lipinski definition) is 1. The number of anilines is 1. The fourth-order valence-electron chi connectivity index (χ4n) is 2.21. The largest absolute Gasteiger partial charge is 0.435 e. The van der Waals surface area contributed by atoms with E-state index in [1.54, 1.807) is 18.3 Å². The fourth-order valence-corrected chi connectivity index (χ4v) is 2.21. The van der Waals surface area contributed by atoms with E-state index in [0.29, 0.717) is 18.8 Å². The van der Waals surface area contributed by atoms with Gasteiger partial charge in [0.15, 0.2) is 5.69 Å². The predicted molar refractivity (Wildman–Crippen MR) is 62.7 cm³/mol. The summed E-state index contributed by atoms with van der Waals surface area (Å²) in [7, 11) is 0. The van der Waals surface area contributed by atoms with E-state index in [2.05, 4.69) is 15.4 Å². The number of pyridine rings is 1. The van der Waals surface area contributed by atoms with Gasteiger partial charge in [-0.25, -0.2) is 4.68 Å². The third kappa shape index (κ3) is 2.16. The number of rotatable bonds is 1. The summed E-state index contributed by atoms with van der Waals surface area (Å²) in [6, 6.07) is 6.17. The highest BCUT2D eigenvalue weighted by molar-refractivity contribution is 5.41. The molecule has 3 heterocycles. The molecule has 1 aliphatic rings. The Hall–Kier alpha value is -2.05. The van der Waals surface area contributed by atoms with E-state index < -0.39 is 11.9 Å². The van der Waals surface area contributed by atoms with Gasteiger partial charge in [0.05, 0.1) is 11.7 Å². The lowest BCUT2D eigenvalue weighted by Gasteiger charge is -2.25. The first-order valence-electron chi connectivity index (χ1n) is 5.87. The maximum absolute atomic E-state index is 12.7. The number of nitrogens with zero attached hydrogens (tertiary/aromatic N) is 3. The van der Waals surface area contributed by atoms with Crippen molar-refractivity contribution >= 4 is 5.82 Å². The molecule has 0 bridgehead atoms. The monoisotopic (exact) mass is 268 g/mol. The van der Waals surface area contributed by atoms with Gasteiger partial charge in [-0.2, -0.15) is 18.3 Å². The van der Waals surface area contributed by atoms with E-state index in [1.807, 2.05) is 6.07 Å². The molecule has 3 rings (SSSR count). The standard InChI is InChI=1S/C12H11F3N4/c13-12(14,15)10-7-11-17-6-4-9(19(11)18-10)8-3-1-2-5-16-8/h1-3,5,7,9,17H,4,6H2. The zero-order valence-electron chi connectivity index (χ0n) is 9.85. The van der Waals surface area contributed by atoms with Gasteiger partial charge in [0, 0.05) is 18.8 Å². The van der Waals surface area contributed by atoms with Crippen LogP contribution in [0.25, 0.3) is 0 Å². The molecule has 100 valence electrons. The molecule has 4 nitrogen and oxygen atoms in total. The Morgan fingerprint density at radius 2 is 2.16 bits per heavy atom. The van der Waals surface area contributed by atoms with Crippen molar-refractivity contribution in [3.63, 3.8) is 0 Å². The van der Waals surface area contributed by atoms with Gasteiger partial charge in [-0.05, 0) is 18.6 Å². The average Bonchev–Trinajstić information content (AvgIpc) is 2.83. The Morgan fingerprint density at radius 1 is 1.32 bits per heavy atom. The van der Waals surface area contributed by atoms with E-state index in [-0.39, 0.29) is 6.04 Å². The highest BCUT2D eigenvalue weighted by Gasteiger charge is 2.36. The second kappa shape index (κ2) is 4.25. The Kier molecular flexibility index (Phi) is 2.69. The number of halogens is 3. The van der Waals surface area contributed by atoms with Crippen molar-refractivity contribution in [3.05, 3.63) is 41.9 Å². The summed E-state index contributed by atoms with van der Waals surface area (Å²) < 4.78 is 39.4. The zero-order valence-corrected chi connectivity index (χ0v) is 9.85. The van der Waals surface area contributed by atoms with Gasteiger partial charge in [-0.3, -0.25) is 4.98 Å². The summed E-state index contributed by atoms with van der Waals surface area (Å²) >= 11 is 0. The van der Waals surface area contributed by atoms with Crippen LogP contribution in [0.3, 0.4) is 0 Å². The number of nitrogens with one attached hydrogen (secondary N) is 1. The molecule has 0 fully saturated rings. The molecule has 0 saturated carbocycles. The number of alkyl halides is 3. The summed E-state index contributed by atoms with van der Waals surface area (Å²) in [5, 5.41) is 6.60. The van der Waals surface area contributed by atoms with Crippen molar-refractivity contribution < 1.29 is 13.2 Å². The third-order valence-electron chi connectivity index (χ3n) is 3.07. The first kappa shape index (κ1) is 12.0. The van der Waals surface area contributed by atoms with Gasteiger partial charge < -0.3 is 5.32 Å². The van der Waals surface area contributed by atoms with Crippen LogP contribution in [-0.4, -0.2) is 21.3 Å². The minimum Gasteiger partial charge on any atom is -0.370 e. The Bertz CT molecular complexity index is 576. The molecule has 7 heteroatoms. The van der Waals surface area contributed by atoms with Crippen molar-refractivity contribution in [3.8, 4) is 0 Å². The van der Waals surface area contributed by atoms with E-state index in [1.165, 1.54) is 4.68 Å². The summed E-state index contributed by atoms with van der Waals surface area (Å²) in [5.41, 5.74) is -0.153. The van der Waals surface area contributed by atoms with Crippen LogP contribution in [0.15, 0.2) is 30.5 Å². The topological polar surface area (TPSA) is 42.7 Å². The Morgan fingerprint density at radius 3 is 2.84 bits per heavy atom. The lowest BCUT2D eigenvalue weighted by atomic mass is 10.1. The molecule has 2 aromatic rings. The van der Waals surface area contributed by atoms with Gasteiger partial charge in [0.25, 0.3) is 0 Å². The minimum absolute atomic E-state index is 0.256. The SMILES string of the molecule is FC(F)(F)c1cc2n(n1)C(c1ccccn1)CCN2. The van der Waals surface area contributed by atoms with E-state index in [4.69, 9.17) is 0 Å². The van der Waals surface area contributed by atoms with Crippen LogP contribution < -0.4 is 5.32 Å². The van der Waals surface area contributed by atoms with Crippen molar-refractivity contribution in [2.24, 2.45) is 0 Å². The molecule has 0 radical (unpaired) electrons. The first-order chi connectivity index (χ1) is 9.05. The van der Waals surface area contributed by atoms with Crippen LogP contribution in [-0.2, 0) is 6.18 Å². The molecular weight excluding hydrogens is 257 g/mol. The van der Waals surface area contributed by atoms with E-state index >= 15 is 0 Å². The fraction of sp³-hybridized carbons (Fsp3) is 0.333. The quantitative estimate of drug-likeness (QED) is 0.864. The molecule has 0 aromatic carbocycles. The highest BCUT2D eigenvalue weighted by atomic mass is 19.4. The molecular formula is C12H11F3N4. The minimum atomic E-state index is -4.43. The van der Waals surface area contributed by atoms with E-state index in [9.17, 15) is 13.2 Å². The highest BCUT2D eigenvalue weighted by Crippen LogP contribution is 2.34. The normalized spacial score (nSPS) is 18.8. The second-order valence-electron chi connectivity index (χ2n) is 4.34. The van der Waals surface area contributed by atoms with Gasteiger partial charge in [0.2, 0.25) is 0 Å². The van der Waals surface area contributed by atoms with Crippen molar-refractivity contribution in [2.45, 2.75) is 18.6 Å². The van der Waals surface area contributed by atoms with Crippen LogP contribution >= 0.6 is 0 Å². The number of aromatic nitrogens is 3. The molecule has 1 unspecified atom stereocenters. The molecule has 1 N–H and O–H groups in total. The molecule has 1 atom stereocenters. The predicted octanol–water partition coefficient (Wildman–Crippen LogP) is 2.70. The van der Waals surface area contributed by atoms with Gasteiger partial charge in [-0.1, -0.05) is 6.07 Å². The van der Waals surface area contributed by atoms with Gasteiger partial charge in [0.1, 0.15) is 5.82 Å². The van der Waals surface area contributed by atoms with Crippen LogP contribution in [0.5, 0.6) is 0 Å². The molecule has 19 heavy (non-hydrogen) atoms. The van der Waals surface area contributed by atoms with Crippen molar-refractivity contribution in [1.29, 1.82) is 0 Å². The molecule has 0 amide bonds. The van der Waals surface area contributed by atoms with E-state index in [0.717, 1.165) is 11.8 Å². The summed E-state index contributed by atoms with van der Waals surface area (Å²) in [5.74, 6) is 0.384. The van der Waals surface area contributed by atoms with Crippen molar-refractivity contribution in [2.75, 3.05) is 11.9 Å². The third-order valence-corrected chi connectivity index (χ3v) is 3.07. The molecule has 0 spiro atoms. The maximum Gasteiger partial charge on any atom is 0.435 e. The van der Waals surface area contributed by atoms with Crippen molar-refractivity contribution in [1.82, 2.24) is 14.8 Å². The van der Waals surface area contributed by atoms with Crippen LogP contribution in [0.4, 0.5) is 19.0 Å². The lowest BCUT2D eigenvalue weighted by molar-refractivity contribution is -0.141. The van der Waals surface area contributed by atoms with Crippen LogP contribution in [0.1, 0.15) is 23.9 Å². The average molecular weight is 268 g/mol. The van der Waals surface area contributed by atoms with Gasteiger partial charge >= 0.3 is 6.18 Å². The molecule has 2 aromatic heterocycles. The molecule has 1 aliphatic heterocycles. The lowest BCUT2D eigenvalue weighted by Crippen LogP contribution is -2.25. The first-order valence-corrected chi connectivity index (χ1v) is 5.87. The summed E-state index contributed by atoms with van der Waals surface area (Å²) in [6.45, 7) is 0.601. The smallest absolute Gasteiger partial charge is 0.370 e. The van der Waals surface area contributed by atoms with Crippen LogP contribution in [0.2, 0.25) is 0 Å². The summed E-state index contributed by atoms with van der Waals surface area (Å²) in [4.78, 5) is 4.20. The number of fused-ring (bicyclic) bond motifs is 1. The van der Waals surface area contributed by atoms with Gasteiger partial charge in [-0.15, -0.1) is 0 Å². The maximum atomic E-state index is 12.7. The zero-order chi connectivity index (χ0) is 13.5. The Balaban J connectivity index is 2.03. The molecule has 0 saturated heterocycles. The molecule has 0 aliphatic carbocycles.